The fourth-order valence-corrected chi connectivity index (χ4v) is 3.75. The molecule has 0 saturated carbocycles. The minimum Gasteiger partial charge on any atom is -0.220 e. The molecule has 2 aromatic carbocycles. The average Bonchev–Trinajstić information content (AvgIpc) is 3.10. The molecule has 0 bridgehead atoms. The second kappa shape index (κ2) is 5.06. The van der Waals surface area contributed by atoms with Crippen molar-refractivity contribution in [2.24, 2.45) is 0 Å². The molecule has 2 nitrogen and oxygen atoms in total. The van der Waals surface area contributed by atoms with Gasteiger partial charge in [0.05, 0.1) is 10.6 Å². The van der Waals surface area contributed by atoms with Gasteiger partial charge in [-0.3, -0.25) is 0 Å². The Balaban J connectivity index is 1.94. The molecular weight excluding hydrogens is 296 g/mol. The van der Waals surface area contributed by atoms with Crippen LogP contribution in [0.1, 0.15) is 0 Å². The Kier molecular flexibility index (Phi) is 3.05. The van der Waals surface area contributed by atoms with Gasteiger partial charge in [0.25, 0.3) is 0 Å². The molecule has 0 unspecified atom stereocenters. The molecule has 0 aliphatic heterocycles. The lowest BCUT2D eigenvalue weighted by molar-refractivity contribution is 0.990. The lowest BCUT2D eigenvalue weighted by Gasteiger charge is -1.98. The first kappa shape index (κ1) is 12.7. The molecule has 0 aliphatic carbocycles. The van der Waals surface area contributed by atoms with Crippen LogP contribution < -0.4 is 0 Å². The van der Waals surface area contributed by atoms with Crippen LogP contribution in [0.3, 0.4) is 0 Å². The maximum absolute atomic E-state index is 4.77. The Morgan fingerprint density at radius 1 is 0.857 bits per heavy atom. The Morgan fingerprint density at radius 2 is 1.48 bits per heavy atom. The molecule has 2 heterocycles. The molecule has 0 amide bonds. The van der Waals surface area contributed by atoms with Crippen LogP contribution in [0.5, 0.6) is 0 Å². The number of thiazole rings is 1. The van der Waals surface area contributed by atoms with Crippen molar-refractivity contribution in [2.45, 2.75) is 4.90 Å². The molecule has 2 aromatic heterocycles. The van der Waals surface area contributed by atoms with Gasteiger partial charge in [0.15, 0.2) is 0 Å². The van der Waals surface area contributed by atoms with E-state index in [-0.39, 0.29) is 0 Å². The minimum atomic E-state index is 0.933. The van der Waals surface area contributed by atoms with E-state index in [1.165, 1.54) is 5.56 Å². The Bertz CT molecular complexity index is 893. The van der Waals surface area contributed by atoms with E-state index in [9.17, 15) is 0 Å². The van der Waals surface area contributed by atoms with Crippen LogP contribution in [-0.2, 0) is 0 Å². The predicted octanol–water partition coefficient (Wildman–Crippen LogP) is 5.02. The Labute approximate surface area is 132 Å². The number of nitrogens with zero attached hydrogens (tertiary/aromatic N) is 2. The molecule has 0 atom stereocenters. The standard InChI is InChI=1S/C17H12N2S2/c20-16-15(13-9-5-2-6-10-13)18-19-14(11-21-17(16)19)12-7-3-1-4-8-12/h1-11,20H. The summed E-state index contributed by atoms with van der Waals surface area (Å²) in [6.45, 7) is 0. The summed E-state index contributed by atoms with van der Waals surface area (Å²) in [6.07, 6.45) is 0. The summed E-state index contributed by atoms with van der Waals surface area (Å²) in [6, 6.07) is 20.5. The molecule has 0 N–H and O–H groups in total. The lowest BCUT2D eigenvalue weighted by atomic mass is 10.2. The van der Waals surface area contributed by atoms with Crippen LogP contribution in [0.25, 0.3) is 27.3 Å². The van der Waals surface area contributed by atoms with Crippen molar-refractivity contribution in [1.82, 2.24) is 9.61 Å². The van der Waals surface area contributed by atoms with Gasteiger partial charge in [-0.2, -0.15) is 5.10 Å². The van der Waals surface area contributed by atoms with Crippen LogP contribution in [0.4, 0.5) is 0 Å². The van der Waals surface area contributed by atoms with E-state index in [1.807, 2.05) is 40.9 Å². The van der Waals surface area contributed by atoms with Gasteiger partial charge in [-0.25, -0.2) is 4.52 Å². The van der Waals surface area contributed by atoms with E-state index in [0.29, 0.717) is 0 Å². The third-order valence-electron chi connectivity index (χ3n) is 3.45. The Morgan fingerprint density at radius 3 is 2.14 bits per heavy atom. The zero-order valence-electron chi connectivity index (χ0n) is 11.1. The van der Waals surface area contributed by atoms with Gasteiger partial charge in [0.1, 0.15) is 10.5 Å². The highest BCUT2D eigenvalue weighted by Crippen LogP contribution is 2.35. The van der Waals surface area contributed by atoms with E-state index >= 15 is 0 Å². The fourth-order valence-electron chi connectivity index (χ4n) is 2.41. The molecule has 102 valence electrons. The lowest BCUT2D eigenvalue weighted by Crippen LogP contribution is -1.88. The fraction of sp³-hybridized carbons (Fsp3) is 0. The van der Waals surface area contributed by atoms with Gasteiger partial charge >= 0.3 is 0 Å². The van der Waals surface area contributed by atoms with Gasteiger partial charge in [-0.1, -0.05) is 60.7 Å². The summed E-state index contributed by atoms with van der Waals surface area (Å²) in [5, 5.41) is 6.90. The zero-order chi connectivity index (χ0) is 14.2. The molecule has 0 radical (unpaired) electrons. The zero-order valence-corrected chi connectivity index (χ0v) is 12.8. The van der Waals surface area contributed by atoms with Crippen molar-refractivity contribution in [1.29, 1.82) is 0 Å². The van der Waals surface area contributed by atoms with Gasteiger partial charge in [0.2, 0.25) is 0 Å². The monoisotopic (exact) mass is 308 g/mol. The highest BCUT2D eigenvalue weighted by Gasteiger charge is 2.16. The molecule has 0 fully saturated rings. The van der Waals surface area contributed by atoms with Crippen molar-refractivity contribution in [3.63, 3.8) is 0 Å². The molecular formula is C17H12N2S2. The summed E-state index contributed by atoms with van der Waals surface area (Å²) in [5.74, 6) is 0. The highest BCUT2D eigenvalue weighted by atomic mass is 32.1. The predicted molar refractivity (Wildman–Crippen MR) is 91.2 cm³/mol. The summed E-state index contributed by atoms with van der Waals surface area (Å²) in [4.78, 5) is 2.02. The summed E-state index contributed by atoms with van der Waals surface area (Å²) >= 11 is 6.35. The van der Waals surface area contributed by atoms with Crippen molar-refractivity contribution < 1.29 is 0 Å². The van der Waals surface area contributed by atoms with Gasteiger partial charge < -0.3 is 0 Å². The van der Waals surface area contributed by atoms with Crippen LogP contribution in [0.15, 0.2) is 70.9 Å². The second-order valence-electron chi connectivity index (χ2n) is 4.77. The van der Waals surface area contributed by atoms with E-state index in [1.54, 1.807) is 11.3 Å². The molecule has 4 rings (SSSR count). The molecule has 4 heteroatoms. The van der Waals surface area contributed by atoms with E-state index in [2.05, 4.69) is 42.3 Å². The van der Waals surface area contributed by atoms with E-state index in [4.69, 9.17) is 5.10 Å². The van der Waals surface area contributed by atoms with Crippen molar-refractivity contribution in [3.8, 4) is 22.5 Å². The van der Waals surface area contributed by atoms with Crippen molar-refractivity contribution >= 4 is 28.8 Å². The van der Waals surface area contributed by atoms with Gasteiger partial charge in [-0.05, 0) is 0 Å². The van der Waals surface area contributed by atoms with Gasteiger partial charge in [0, 0.05) is 16.5 Å². The summed E-state index contributed by atoms with van der Waals surface area (Å²) in [5.41, 5.74) is 4.30. The van der Waals surface area contributed by atoms with Crippen molar-refractivity contribution in [2.75, 3.05) is 0 Å². The highest BCUT2D eigenvalue weighted by molar-refractivity contribution is 7.81. The largest absolute Gasteiger partial charge is 0.220 e. The van der Waals surface area contributed by atoms with Crippen LogP contribution in [0, 0.1) is 0 Å². The summed E-state index contributed by atoms with van der Waals surface area (Å²) in [7, 11) is 0. The third kappa shape index (κ3) is 2.07. The quantitative estimate of drug-likeness (QED) is 0.515. The first-order chi connectivity index (χ1) is 10.3. The number of fused-ring (bicyclic) bond motifs is 1. The molecule has 0 spiro atoms. The SMILES string of the molecule is Sc1c(-c2ccccc2)nn2c(-c3ccccc3)csc12. The van der Waals surface area contributed by atoms with Crippen LogP contribution in [0.2, 0.25) is 0 Å². The number of thiol groups is 1. The third-order valence-corrected chi connectivity index (χ3v) is 4.96. The van der Waals surface area contributed by atoms with E-state index < -0.39 is 0 Å². The molecule has 21 heavy (non-hydrogen) atoms. The minimum absolute atomic E-state index is 0.933. The van der Waals surface area contributed by atoms with Crippen LogP contribution >= 0.6 is 24.0 Å². The van der Waals surface area contributed by atoms with E-state index in [0.717, 1.165) is 26.7 Å². The average molecular weight is 308 g/mol. The first-order valence-electron chi connectivity index (χ1n) is 6.64. The number of rotatable bonds is 2. The Hall–Kier alpha value is -2.04. The number of hydrogen-bond donors (Lipinski definition) is 1. The molecule has 0 aliphatic rings. The maximum Gasteiger partial charge on any atom is 0.134 e. The molecule has 0 saturated heterocycles. The smallest absolute Gasteiger partial charge is 0.134 e. The maximum atomic E-state index is 4.77. The second-order valence-corrected chi connectivity index (χ2v) is 6.07. The molecule has 4 aromatic rings. The number of benzene rings is 2. The van der Waals surface area contributed by atoms with Crippen molar-refractivity contribution in [3.05, 3.63) is 66.0 Å². The number of hydrogen-bond acceptors (Lipinski definition) is 3. The van der Waals surface area contributed by atoms with Gasteiger partial charge in [-0.15, -0.1) is 24.0 Å². The first-order valence-corrected chi connectivity index (χ1v) is 7.97. The topological polar surface area (TPSA) is 17.3 Å². The summed E-state index contributed by atoms with van der Waals surface area (Å²) < 4.78 is 1.99. The van der Waals surface area contributed by atoms with Crippen LogP contribution in [-0.4, -0.2) is 9.61 Å². The normalized spacial score (nSPS) is 11.1. The number of aromatic nitrogens is 2.